The molecule has 0 aliphatic carbocycles. The van der Waals surface area contributed by atoms with Crippen molar-refractivity contribution in [3.8, 4) is 0 Å². The fourth-order valence-electron chi connectivity index (χ4n) is 2.98. The van der Waals surface area contributed by atoms with Gasteiger partial charge >= 0.3 is 0 Å². The summed E-state index contributed by atoms with van der Waals surface area (Å²) < 4.78 is 0. The Hall–Kier alpha value is -2.49. The molecule has 2 aromatic rings. The minimum absolute atomic E-state index is 0.0580. The zero-order valence-corrected chi connectivity index (χ0v) is 13.0. The first-order chi connectivity index (χ1) is 10.5. The highest BCUT2D eigenvalue weighted by Crippen LogP contribution is 2.40. The van der Waals surface area contributed by atoms with Crippen LogP contribution in [0.15, 0.2) is 36.7 Å². The second-order valence-electron chi connectivity index (χ2n) is 5.83. The molecule has 1 unspecified atom stereocenters. The summed E-state index contributed by atoms with van der Waals surface area (Å²) in [7, 11) is 0. The lowest BCUT2D eigenvalue weighted by molar-refractivity contribution is -0.117. The number of hydrogen-bond acceptors (Lipinski definition) is 3. The van der Waals surface area contributed by atoms with E-state index in [0.717, 1.165) is 22.4 Å². The highest BCUT2D eigenvalue weighted by atomic mass is 16.2. The number of benzene rings is 1. The molecule has 0 saturated heterocycles. The maximum Gasteiger partial charge on any atom is 0.259 e. The van der Waals surface area contributed by atoms with Crippen LogP contribution in [0.1, 0.15) is 46.4 Å². The van der Waals surface area contributed by atoms with Gasteiger partial charge in [0.2, 0.25) is 0 Å². The summed E-state index contributed by atoms with van der Waals surface area (Å²) in [4.78, 5) is 30.3. The van der Waals surface area contributed by atoms with Crippen LogP contribution in [0.2, 0.25) is 0 Å². The van der Waals surface area contributed by atoms with Crippen LogP contribution in [-0.2, 0) is 4.79 Å². The molecule has 2 heterocycles. The van der Waals surface area contributed by atoms with Gasteiger partial charge in [0.25, 0.3) is 5.91 Å². The lowest BCUT2D eigenvalue weighted by Crippen LogP contribution is -2.29. The lowest BCUT2D eigenvalue weighted by Gasteiger charge is -2.24. The van der Waals surface area contributed by atoms with Crippen LogP contribution in [0.3, 0.4) is 0 Å². The molecule has 0 spiro atoms. The van der Waals surface area contributed by atoms with Gasteiger partial charge in [-0.05, 0) is 55.7 Å². The quantitative estimate of drug-likeness (QED) is 0.872. The zero-order valence-electron chi connectivity index (χ0n) is 13.0. The molecular formula is C18H18N2O2. The van der Waals surface area contributed by atoms with Crippen LogP contribution >= 0.6 is 0 Å². The Kier molecular flexibility index (Phi) is 3.53. The molecule has 1 aromatic carbocycles. The van der Waals surface area contributed by atoms with E-state index in [2.05, 4.69) is 4.98 Å². The number of carbonyl (C=O) groups excluding carboxylic acids is 2. The summed E-state index contributed by atoms with van der Waals surface area (Å²) in [6.07, 6.45) is 3.65. The van der Waals surface area contributed by atoms with Gasteiger partial charge in [0, 0.05) is 18.2 Å². The number of Topliss-reactive ketones (excluding diaryl/α,β-unsaturated/α-hetero) is 1. The second kappa shape index (κ2) is 5.37. The number of anilines is 1. The summed E-state index contributed by atoms with van der Waals surface area (Å²) in [5.74, 6) is 0.00937. The Labute approximate surface area is 129 Å². The third-order valence-corrected chi connectivity index (χ3v) is 4.19. The minimum atomic E-state index is -0.247. The van der Waals surface area contributed by atoms with Crippen molar-refractivity contribution in [2.45, 2.75) is 33.2 Å². The predicted octanol–water partition coefficient (Wildman–Crippen LogP) is 3.38. The number of aromatic nitrogens is 1. The number of ketones is 1. The second-order valence-corrected chi connectivity index (χ2v) is 5.83. The Morgan fingerprint density at radius 1 is 1.27 bits per heavy atom. The number of rotatable bonds is 3. The fourth-order valence-corrected chi connectivity index (χ4v) is 2.98. The number of carbonyl (C=O) groups is 2. The zero-order chi connectivity index (χ0) is 15.9. The molecule has 112 valence electrons. The molecule has 3 rings (SSSR count). The van der Waals surface area contributed by atoms with E-state index in [-0.39, 0.29) is 17.7 Å². The van der Waals surface area contributed by atoms with E-state index >= 15 is 0 Å². The SMILES string of the molecule is CC(=O)CC1c2cc(C)c(C)cc2C(=O)N1c1cccnc1. The van der Waals surface area contributed by atoms with Crippen molar-refractivity contribution in [3.63, 3.8) is 0 Å². The molecule has 22 heavy (non-hydrogen) atoms. The summed E-state index contributed by atoms with van der Waals surface area (Å²) >= 11 is 0. The molecule has 0 N–H and O–H groups in total. The molecule has 4 nitrogen and oxygen atoms in total. The van der Waals surface area contributed by atoms with E-state index in [1.165, 1.54) is 0 Å². The van der Waals surface area contributed by atoms with Crippen LogP contribution in [0.4, 0.5) is 5.69 Å². The number of hydrogen-bond donors (Lipinski definition) is 0. The summed E-state index contributed by atoms with van der Waals surface area (Å²) in [5.41, 5.74) is 4.57. The van der Waals surface area contributed by atoms with Crippen LogP contribution in [0.25, 0.3) is 0 Å². The van der Waals surface area contributed by atoms with Crippen molar-refractivity contribution < 1.29 is 9.59 Å². The van der Waals surface area contributed by atoms with Crippen LogP contribution in [0.5, 0.6) is 0 Å². The third-order valence-electron chi connectivity index (χ3n) is 4.19. The Bertz CT molecular complexity index is 753. The van der Waals surface area contributed by atoms with E-state index in [1.807, 2.05) is 32.0 Å². The van der Waals surface area contributed by atoms with Gasteiger partial charge < -0.3 is 0 Å². The van der Waals surface area contributed by atoms with Gasteiger partial charge in [-0.25, -0.2) is 0 Å². The molecular weight excluding hydrogens is 276 g/mol. The monoisotopic (exact) mass is 294 g/mol. The maximum atomic E-state index is 12.8. The van der Waals surface area contributed by atoms with Crippen molar-refractivity contribution in [1.82, 2.24) is 4.98 Å². The van der Waals surface area contributed by atoms with E-state index in [9.17, 15) is 9.59 Å². The number of fused-ring (bicyclic) bond motifs is 1. The van der Waals surface area contributed by atoms with Crippen molar-refractivity contribution in [2.75, 3.05) is 4.90 Å². The molecule has 0 radical (unpaired) electrons. The molecule has 0 bridgehead atoms. The van der Waals surface area contributed by atoms with E-state index in [1.54, 1.807) is 30.3 Å². The summed E-state index contributed by atoms with van der Waals surface area (Å²) in [6.45, 7) is 5.58. The van der Waals surface area contributed by atoms with Crippen LogP contribution in [-0.4, -0.2) is 16.7 Å². The van der Waals surface area contributed by atoms with Gasteiger partial charge in [0.05, 0.1) is 17.9 Å². The van der Waals surface area contributed by atoms with E-state index in [4.69, 9.17) is 0 Å². The van der Waals surface area contributed by atoms with Gasteiger partial charge in [-0.1, -0.05) is 6.07 Å². The van der Waals surface area contributed by atoms with Gasteiger partial charge in [-0.2, -0.15) is 0 Å². The summed E-state index contributed by atoms with van der Waals surface area (Å²) in [5, 5.41) is 0. The lowest BCUT2D eigenvalue weighted by atomic mass is 9.96. The molecule has 1 aliphatic heterocycles. The van der Waals surface area contributed by atoms with E-state index in [0.29, 0.717) is 12.0 Å². The topological polar surface area (TPSA) is 50.3 Å². The molecule has 0 saturated carbocycles. The van der Waals surface area contributed by atoms with Gasteiger partial charge in [-0.15, -0.1) is 0 Å². The Morgan fingerprint density at radius 3 is 2.64 bits per heavy atom. The smallest absolute Gasteiger partial charge is 0.259 e. The van der Waals surface area contributed by atoms with Crippen LogP contribution in [0, 0.1) is 13.8 Å². The Balaban J connectivity index is 2.15. The van der Waals surface area contributed by atoms with Gasteiger partial charge in [0.1, 0.15) is 5.78 Å². The number of aryl methyl sites for hydroxylation is 2. The van der Waals surface area contributed by atoms with Crippen molar-refractivity contribution >= 4 is 17.4 Å². The number of amides is 1. The predicted molar refractivity (Wildman–Crippen MR) is 85.0 cm³/mol. The average Bonchev–Trinajstić information content (AvgIpc) is 2.73. The van der Waals surface area contributed by atoms with Crippen molar-refractivity contribution in [2.24, 2.45) is 0 Å². The maximum absolute atomic E-state index is 12.8. The summed E-state index contributed by atoms with van der Waals surface area (Å²) in [6, 6.07) is 7.36. The molecule has 4 heteroatoms. The van der Waals surface area contributed by atoms with Crippen LogP contribution < -0.4 is 4.90 Å². The highest BCUT2D eigenvalue weighted by molar-refractivity contribution is 6.11. The molecule has 1 aromatic heterocycles. The Morgan fingerprint density at radius 2 is 2.00 bits per heavy atom. The van der Waals surface area contributed by atoms with Gasteiger partial charge in [0.15, 0.2) is 0 Å². The van der Waals surface area contributed by atoms with E-state index < -0.39 is 0 Å². The van der Waals surface area contributed by atoms with Crippen molar-refractivity contribution in [1.29, 1.82) is 0 Å². The fraction of sp³-hybridized carbons (Fsp3) is 0.278. The molecule has 1 amide bonds. The largest absolute Gasteiger partial charge is 0.300 e. The molecule has 1 aliphatic rings. The number of pyridine rings is 1. The number of nitrogens with zero attached hydrogens (tertiary/aromatic N) is 2. The first-order valence-corrected chi connectivity index (χ1v) is 7.33. The molecule has 1 atom stereocenters. The third kappa shape index (κ3) is 2.30. The standard InChI is InChI=1S/C18H18N2O2/c1-11-7-15-16(8-12(11)2)18(22)20(17(15)9-13(3)21)14-5-4-6-19-10-14/h4-8,10,17H,9H2,1-3H3. The average molecular weight is 294 g/mol. The normalized spacial score (nSPS) is 16.8. The van der Waals surface area contributed by atoms with Crippen molar-refractivity contribution in [3.05, 3.63) is 58.9 Å². The minimum Gasteiger partial charge on any atom is -0.300 e. The van der Waals surface area contributed by atoms with Gasteiger partial charge in [-0.3, -0.25) is 19.5 Å². The highest BCUT2D eigenvalue weighted by Gasteiger charge is 2.38. The first kappa shape index (κ1) is 14.4. The molecule has 0 fully saturated rings. The first-order valence-electron chi connectivity index (χ1n) is 7.33.